The topological polar surface area (TPSA) is 163 Å². The standard InChI is InChI=1S/C23H26N6O6S2/c1-14(2)8-12-29-22-16(5-3-9-24-22)20(30)19(23(29)31)21-25-17-7-6-15(13-18(17)36(32,33)27-21)26-37(34,35)28-10-4-11-28/h3,5-7,9,13-14,26,30H,4,8,10-12H2,1-2H3,(H,25,27). The van der Waals surface area contributed by atoms with E-state index in [4.69, 9.17) is 0 Å². The number of amidine groups is 1. The summed E-state index contributed by atoms with van der Waals surface area (Å²) >= 11 is 0. The molecule has 37 heavy (non-hydrogen) atoms. The lowest BCUT2D eigenvalue weighted by atomic mass is 10.1. The summed E-state index contributed by atoms with van der Waals surface area (Å²) in [5, 5.41) is 14.1. The molecular weight excluding hydrogens is 520 g/mol. The first-order valence-corrected chi connectivity index (χ1v) is 14.6. The molecule has 2 aromatic heterocycles. The summed E-state index contributed by atoms with van der Waals surface area (Å²) < 4.78 is 59.9. The van der Waals surface area contributed by atoms with Gasteiger partial charge in [0.1, 0.15) is 21.9 Å². The Balaban J connectivity index is 1.58. The van der Waals surface area contributed by atoms with Crippen molar-refractivity contribution in [2.75, 3.05) is 23.1 Å². The zero-order valence-corrected chi connectivity index (χ0v) is 21.8. The maximum atomic E-state index is 13.5. The van der Waals surface area contributed by atoms with E-state index in [1.165, 1.54) is 33.3 Å². The lowest BCUT2D eigenvalue weighted by molar-refractivity contribution is 0.311. The molecule has 0 saturated carbocycles. The number of benzene rings is 1. The van der Waals surface area contributed by atoms with Crippen LogP contribution in [0.25, 0.3) is 11.0 Å². The Morgan fingerprint density at radius 3 is 2.65 bits per heavy atom. The van der Waals surface area contributed by atoms with Crippen molar-refractivity contribution >= 4 is 48.5 Å². The second-order valence-corrected chi connectivity index (χ2v) is 12.6. The van der Waals surface area contributed by atoms with Crippen molar-refractivity contribution in [3.63, 3.8) is 0 Å². The molecule has 1 fully saturated rings. The lowest BCUT2D eigenvalue weighted by Gasteiger charge is -2.30. The SMILES string of the molecule is CC(C)CCn1c(=O)c(C2=NS(=O)(=O)c3cc(NS(=O)(=O)N4CCC4)ccc3N2)c(O)c2cccnc21. The van der Waals surface area contributed by atoms with Crippen molar-refractivity contribution < 1.29 is 21.9 Å². The molecule has 0 spiro atoms. The third-order valence-electron chi connectivity index (χ3n) is 6.29. The minimum absolute atomic E-state index is 0.0605. The summed E-state index contributed by atoms with van der Waals surface area (Å²) in [4.78, 5) is 17.5. The van der Waals surface area contributed by atoms with Gasteiger partial charge in [-0.15, -0.1) is 4.40 Å². The van der Waals surface area contributed by atoms with Crippen LogP contribution >= 0.6 is 0 Å². The number of rotatable bonds is 7. The first-order chi connectivity index (χ1) is 17.5. The van der Waals surface area contributed by atoms with Gasteiger partial charge in [-0.1, -0.05) is 13.8 Å². The summed E-state index contributed by atoms with van der Waals surface area (Å²) in [6, 6.07) is 7.16. The van der Waals surface area contributed by atoms with Crippen molar-refractivity contribution in [1.29, 1.82) is 0 Å². The van der Waals surface area contributed by atoms with E-state index in [0.717, 1.165) is 6.42 Å². The van der Waals surface area contributed by atoms with E-state index >= 15 is 0 Å². The van der Waals surface area contributed by atoms with Gasteiger partial charge in [0.25, 0.3) is 15.6 Å². The van der Waals surface area contributed by atoms with Gasteiger partial charge in [-0.05, 0) is 49.1 Å². The number of sulfonamides is 1. The van der Waals surface area contributed by atoms with Crippen LogP contribution in [-0.4, -0.2) is 54.7 Å². The molecule has 0 unspecified atom stereocenters. The van der Waals surface area contributed by atoms with Gasteiger partial charge in [0, 0.05) is 25.8 Å². The van der Waals surface area contributed by atoms with Crippen molar-refractivity contribution in [1.82, 2.24) is 13.9 Å². The largest absolute Gasteiger partial charge is 0.506 e. The van der Waals surface area contributed by atoms with Gasteiger partial charge in [-0.2, -0.15) is 21.1 Å². The minimum Gasteiger partial charge on any atom is -0.506 e. The van der Waals surface area contributed by atoms with E-state index in [2.05, 4.69) is 19.4 Å². The average Bonchev–Trinajstić information content (AvgIpc) is 2.77. The summed E-state index contributed by atoms with van der Waals surface area (Å²) in [5.74, 6) is -0.473. The Bertz CT molecular complexity index is 1710. The predicted molar refractivity (Wildman–Crippen MR) is 140 cm³/mol. The molecule has 3 N–H and O–H groups in total. The van der Waals surface area contributed by atoms with Gasteiger partial charge in [0.05, 0.1) is 16.8 Å². The fourth-order valence-electron chi connectivity index (χ4n) is 4.14. The predicted octanol–water partition coefficient (Wildman–Crippen LogP) is 2.07. The highest BCUT2D eigenvalue weighted by molar-refractivity contribution is 7.91. The van der Waals surface area contributed by atoms with Gasteiger partial charge in [-0.25, -0.2) is 4.98 Å². The maximum absolute atomic E-state index is 13.5. The van der Waals surface area contributed by atoms with Crippen LogP contribution in [-0.2, 0) is 26.8 Å². The third-order valence-corrected chi connectivity index (χ3v) is 9.14. The maximum Gasteiger partial charge on any atom is 0.301 e. The van der Waals surface area contributed by atoms with Crippen LogP contribution in [0.15, 0.2) is 50.6 Å². The zero-order chi connectivity index (χ0) is 26.5. The smallest absolute Gasteiger partial charge is 0.301 e. The van der Waals surface area contributed by atoms with Crippen LogP contribution in [0.1, 0.15) is 32.3 Å². The minimum atomic E-state index is -4.35. The first-order valence-electron chi connectivity index (χ1n) is 11.7. The molecule has 196 valence electrons. The normalized spacial score (nSPS) is 17.1. The molecule has 0 atom stereocenters. The number of aromatic nitrogens is 2. The molecule has 14 heteroatoms. The number of nitrogens with one attached hydrogen (secondary N) is 2. The summed E-state index contributed by atoms with van der Waals surface area (Å²) in [5.41, 5.74) is -0.483. The quantitative estimate of drug-likeness (QED) is 0.405. The van der Waals surface area contributed by atoms with Crippen molar-refractivity contribution in [2.45, 2.75) is 38.1 Å². The molecule has 5 rings (SSSR count). The number of fused-ring (bicyclic) bond motifs is 2. The number of nitrogens with zero attached hydrogens (tertiary/aromatic N) is 4. The molecule has 0 bridgehead atoms. The lowest BCUT2D eigenvalue weighted by Crippen LogP contribution is -2.45. The monoisotopic (exact) mass is 546 g/mol. The van der Waals surface area contributed by atoms with Crippen molar-refractivity contribution in [2.24, 2.45) is 10.3 Å². The Kier molecular flexibility index (Phi) is 6.20. The molecular formula is C23H26N6O6S2. The van der Waals surface area contributed by atoms with Crippen molar-refractivity contribution in [3.8, 4) is 5.75 Å². The molecule has 12 nitrogen and oxygen atoms in total. The first kappa shape index (κ1) is 25.2. The molecule has 1 aromatic carbocycles. The second-order valence-electron chi connectivity index (χ2n) is 9.35. The molecule has 1 saturated heterocycles. The number of aromatic hydroxyl groups is 1. The summed E-state index contributed by atoms with van der Waals surface area (Å²) in [6.07, 6.45) is 2.93. The Morgan fingerprint density at radius 1 is 1.22 bits per heavy atom. The summed E-state index contributed by atoms with van der Waals surface area (Å²) in [6.45, 7) is 5.13. The van der Waals surface area contributed by atoms with Crippen LogP contribution < -0.4 is 15.6 Å². The Hall–Kier alpha value is -3.49. The summed E-state index contributed by atoms with van der Waals surface area (Å²) in [7, 11) is -8.15. The highest BCUT2D eigenvalue weighted by atomic mass is 32.2. The highest BCUT2D eigenvalue weighted by Crippen LogP contribution is 2.34. The molecule has 4 heterocycles. The Labute approximate surface area is 213 Å². The second kappa shape index (κ2) is 9.11. The molecule has 0 amide bonds. The Morgan fingerprint density at radius 2 is 1.97 bits per heavy atom. The van der Waals surface area contributed by atoms with Gasteiger partial charge >= 0.3 is 10.2 Å². The molecule has 3 aromatic rings. The molecule has 0 aliphatic carbocycles. The number of anilines is 2. The van der Waals surface area contributed by atoms with Gasteiger partial charge in [-0.3, -0.25) is 14.1 Å². The average molecular weight is 547 g/mol. The zero-order valence-electron chi connectivity index (χ0n) is 20.2. The van der Waals surface area contributed by atoms with Crippen LogP contribution in [0.4, 0.5) is 11.4 Å². The molecule has 2 aliphatic rings. The fraction of sp³-hybridized carbons (Fsp3) is 0.348. The van der Waals surface area contributed by atoms with Gasteiger partial charge in [0.2, 0.25) is 0 Å². The molecule has 2 aliphatic heterocycles. The van der Waals surface area contributed by atoms with E-state index < -0.39 is 31.5 Å². The van der Waals surface area contributed by atoms with E-state index in [9.17, 15) is 26.7 Å². The highest BCUT2D eigenvalue weighted by Gasteiger charge is 2.32. The van der Waals surface area contributed by atoms with Crippen LogP contribution in [0.2, 0.25) is 0 Å². The number of pyridine rings is 2. The van der Waals surface area contributed by atoms with E-state index in [-0.39, 0.29) is 44.6 Å². The number of hydrogen-bond acceptors (Lipinski definition) is 8. The fourth-order valence-corrected chi connectivity index (χ4v) is 6.58. The van der Waals surface area contributed by atoms with E-state index in [1.54, 1.807) is 12.1 Å². The number of aryl methyl sites for hydroxylation is 1. The van der Waals surface area contributed by atoms with Crippen LogP contribution in [0.5, 0.6) is 5.75 Å². The molecule has 0 radical (unpaired) electrons. The van der Waals surface area contributed by atoms with E-state index in [1.807, 2.05) is 13.8 Å². The van der Waals surface area contributed by atoms with Gasteiger partial charge < -0.3 is 10.4 Å². The van der Waals surface area contributed by atoms with Crippen LogP contribution in [0, 0.1) is 5.92 Å². The third kappa shape index (κ3) is 4.55. The van der Waals surface area contributed by atoms with Gasteiger partial charge in [0.15, 0.2) is 5.84 Å². The van der Waals surface area contributed by atoms with E-state index in [0.29, 0.717) is 26.1 Å². The van der Waals surface area contributed by atoms with Crippen LogP contribution in [0.3, 0.4) is 0 Å². The van der Waals surface area contributed by atoms with Crippen molar-refractivity contribution in [3.05, 3.63) is 52.4 Å². The number of hydrogen-bond donors (Lipinski definition) is 3.